The summed E-state index contributed by atoms with van der Waals surface area (Å²) in [6.45, 7) is 3.25. The van der Waals surface area contributed by atoms with E-state index < -0.39 is 0 Å². The number of hydrogen-bond acceptors (Lipinski definition) is 3. The standard InChI is InChI=1S/C14H19ClN4/c1-10-13(8-16)14(19(3)17-10)18(2)9-11-5-4-6-12(15)7-11/h4-7H,8-9,16H2,1-3H3. The molecule has 1 aromatic carbocycles. The van der Waals surface area contributed by atoms with Gasteiger partial charge in [0.1, 0.15) is 5.82 Å². The van der Waals surface area contributed by atoms with E-state index in [-0.39, 0.29) is 0 Å². The van der Waals surface area contributed by atoms with Crippen molar-refractivity contribution in [2.45, 2.75) is 20.0 Å². The van der Waals surface area contributed by atoms with Gasteiger partial charge in [-0.25, -0.2) is 0 Å². The zero-order valence-electron chi connectivity index (χ0n) is 11.5. The van der Waals surface area contributed by atoms with Gasteiger partial charge in [0.15, 0.2) is 0 Å². The zero-order valence-corrected chi connectivity index (χ0v) is 12.3. The minimum atomic E-state index is 0.495. The van der Waals surface area contributed by atoms with Crippen LogP contribution in [0, 0.1) is 6.92 Å². The summed E-state index contributed by atoms with van der Waals surface area (Å²) in [5.41, 5.74) is 9.06. The molecule has 1 aromatic heterocycles. The number of hydrogen-bond donors (Lipinski definition) is 1. The quantitative estimate of drug-likeness (QED) is 0.935. The second-order valence-corrected chi connectivity index (χ2v) is 5.14. The van der Waals surface area contributed by atoms with Gasteiger partial charge in [0.25, 0.3) is 0 Å². The first kappa shape index (κ1) is 13.9. The Morgan fingerprint density at radius 2 is 2.16 bits per heavy atom. The predicted octanol–water partition coefficient (Wildman–Crippen LogP) is 2.48. The van der Waals surface area contributed by atoms with E-state index in [0.717, 1.165) is 34.2 Å². The third kappa shape index (κ3) is 2.91. The Labute approximate surface area is 118 Å². The maximum Gasteiger partial charge on any atom is 0.131 e. The molecule has 0 aliphatic heterocycles. The molecule has 1 heterocycles. The van der Waals surface area contributed by atoms with E-state index in [1.54, 1.807) is 0 Å². The van der Waals surface area contributed by atoms with E-state index in [0.29, 0.717) is 6.54 Å². The first-order valence-electron chi connectivity index (χ1n) is 6.21. The van der Waals surface area contributed by atoms with Crippen molar-refractivity contribution in [1.29, 1.82) is 0 Å². The summed E-state index contributed by atoms with van der Waals surface area (Å²) in [4.78, 5) is 2.15. The summed E-state index contributed by atoms with van der Waals surface area (Å²) in [5, 5.41) is 5.19. The van der Waals surface area contributed by atoms with Crippen molar-refractivity contribution in [3.63, 3.8) is 0 Å². The SMILES string of the molecule is Cc1nn(C)c(N(C)Cc2cccc(Cl)c2)c1CN. The molecule has 0 unspecified atom stereocenters. The molecular formula is C14H19ClN4. The molecule has 0 aliphatic rings. The van der Waals surface area contributed by atoms with Crippen molar-refractivity contribution in [2.75, 3.05) is 11.9 Å². The summed E-state index contributed by atoms with van der Waals surface area (Å²) >= 11 is 6.01. The average molecular weight is 279 g/mol. The number of rotatable bonds is 4. The second-order valence-electron chi connectivity index (χ2n) is 4.70. The van der Waals surface area contributed by atoms with Crippen LogP contribution < -0.4 is 10.6 Å². The number of anilines is 1. The third-order valence-electron chi connectivity index (χ3n) is 3.19. The van der Waals surface area contributed by atoms with Crippen molar-refractivity contribution < 1.29 is 0 Å². The van der Waals surface area contributed by atoms with Gasteiger partial charge in [-0.15, -0.1) is 0 Å². The van der Waals surface area contributed by atoms with Crippen LogP contribution in [-0.4, -0.2) is 16.8 Å². The molecule has 5 heteroatoms. The number of benzene rings is 1. The molecule has 0 saturated heterocycles. The molecule has 0 spiro atoms. The third-order valence-corrected chi connectivity index (χ3v) is 3.42. The fourth-order valence-electron chi connectivity index (χ4n) is 2.39. The Kier molecular flexibility index (Phi) is 4.12. The fourth-order valence-corrected chi connectivity index (χ4v) is 2.60. The highest BCUT2D eigenvalue weighted by molar-refractivity contribution is 6.30. The molecule has 0 fully saturated rings. The topological polar surface area (TPSA) is 47.1 Å². The molecule has 0 radical (unpaired) electrons. The number of halogens is 1. The number of aryl methyl sites for hydroxylation is 2. The van der Waals surface area contributed by atoms with Crippen molar-refractivity contribution in [3.05, 3.63) is 46.1 Å². The maximum absolute atomic E-state index is 6.01. The highest BCUT2D eigenvalue weighted by Gasteiger charge is 2.15. The normalized spacial score (nSPS) is 10.8. The minimum absolute atomic E-state index is 0.495. The van der Waals surface area contributed by atoms with Crippen molar-refractivity contribution in [2.24, 2.45) is 12.8 Å². The summed E-state index contributed by atoms with van der Waals surface area (Å²) in [6.07, 6.45) is 0. The van der Waals surface area contributed by atoms with E-state index >= 15 is 0 Å². The molecule has 0 aliphatic carbocycles. The number of aromatic nitrogens is 2. The lowest BCUT2D eigenvalue weighted by Crippen LogP contribution is -2.21. The Balaban J connectivity index is 2.27. The second kappa shape index (κ2) is 5.63. The average Bonchev–Trinajstić information content (AvgIpc) is 2.63. The van der Waals surface area contributed by atoms with Crippen molar-refractivity contribution >= 4 is 17.4 Å². The van der Waals surface area contributed by atoms with Gasteiger partial charge in [0.2, 0.25) is 0 Å². The van der Waals surface area contributed by atoms with Crippen LogP contribution in [-0.2, 0) is 20.1 Å². The summed E-state index contributed by atoms with van der Waals surface area (Å²) in [6, 6.07) is 7.88. The van der Waals surface area contributed by atoms with Crippen molar-refractivity contribution in [1.82, 2.24) is 9.78 Å². The van der Waals surface area contributed by atoms with Crippen LogP contribution in [0.15, 0.2) is 24.3 Å². The molecule has 2 rings (SSSR count). The van der Waals surface area contributed by atoms with Crippen LogP contribution in [0.2, 0.25) is 5.02 Å². The Morgan fingerprint density at radius 1 is 1.42 bits per heavy atom. The lowest BCUT2D eigenvalue weighted by Gasteiger charge is -2.21. The minimum Gasteiger partial charge on any atom is -0.355 e. The number of nitrogens with two attached hydrogens (primary N) is 1. The van der Waals surface area contributed by atoms with Gasteiger partial charge in [-0.3, -0.25) is 4.68 Å². The highest BCUT2D eigenvalue weighted by Crippen LogP contribution is 2.23. The largest absolute Gasteiger partial charge is 0.355 e. The van der Waals surface area contributed by atoms with Crippen molar-refractivity contribution in [3.8, 4) is 0 Å². The van der Waals surface area contributed by atoms with E-state index in [1.807, 2.05) is 43.9 Å². The van der Waals surface area contributed by atoms with Crippen LogP contribution in [0.5, 0.6) is 0 Å². The van der Waals surface area contributed by atoms with E-state index in [1.165, 1.54) is 0 Å². The fraction of sp³-hybridized carbons (Fsp3) is 0.357. The first-order chi connectivity index (χ1) is 9.02. The van der Waals surface area contributed by atoms with Gasteiger partial charge >= 0.3 is 0 Å². The molecule has 4 nitrogen and oxygen atoms in total. The summed E-state index contributed by atoms with van der Waals surface area (Å²) < 4.78 is 1.88. The Morgan fingerprint density at radius 3 is 2.79 bits per heavy atom. The molecule has 0 bridgehead atoms. The molecule has 0 atom stereocenters. The Bertz CT molecular complexity index is 577. The van der Waals surface area contributed by atoms with Gasteiger partial charge < -0.3 is 10.6 Å². The monoisotopic (exact) mass is 278 g/mol. The molecule has 0 amide bonds. The predicted molar refractivity (Wildman–Crippen MR) is 79.4 cm³/mol. The first-order valence-corrected chi connectivity index (χ1v) is 6.59. The molecule has 2 aromatic rings. The van der Waals surface area contributed by atoms with E-state index in [9.17, 15) is 0 Å². The number of nitrogens with zero attached hydrogens (tertiary/aromatic N) is 3. The molecule has 102 valence electrons. The van der Waals surface area contributed by atoms with Crippen LogP contribution in [0.4, 0.5) is 5.82 Å². The summed E-state index contributed by atoms with van der Waals surface area (Å²) in [5.74, 6) is 1.06. The molecular weight excluding hydrogens is 260 g/mol. The van der Waals surface area contributed by atoms with Gasteiger partial charge in [-0.05, 0) is 24.6 Å². The van der Waals surface area contributed by atoms with Gasteiger partial charge in [-0.2, -0.15) is 5.10 Å². The molecule has 0 saturated carbocycles. The van der Waals surface area contributed by atoms with Crippen LogP contribution in [0.25, 0.3) is 0 Å². The van der Waals surface area contributed by atoms with Crippen LogP contribution in [0.3, 0.4) is 0 Å². The van der Waals surface area contributed by atoms with Crippen LogP contribution in [0.1, 0.15) is 16.8 Å². The van der Waals surface area contributed by atoms with Gasteiger partial charge in [0.05, 0.1) is 5.69 Å². The zero-order chi connectivity index (χ0) is 14.0. The smallest absolute Gasteiger partial charge is 0.131 e. The van der Waals surface area contributed by atoms with Gasteiger partial charge in [-0.1, -0.05) is 23.7 Å². The maximum atomic E-state index is 6.01. The summed E-state index contributed by atoms with van der Waals surface area (Å²) in [7, 11) is 3.98. The highest BCUT2D eigenvalue weighted by atomic mass is 35.5. The lowest BCUT2D eigenvalue weighted by molar-refractivity contribution is 0.725. The van der Waals surface area contributed by atoms with Gasteiger partial charge in [0, 0.05) is 37.8 Å². The van der Waals surface area contributed by atoms with E-state index in [4.69, 9.17) is 17.3 Å². The lowest BCUT2D eigenvalue weighted by atomic mass is 10.2. The Hall–Kier alpha value is -1.52. The molecule has 19 heavy (non-hydrogen) atoms. The molecule has 2 N–H and O–H groups in total. The van der Waals surface area contributed by atoms with Crippen LogP contribution >= 0.6 is 11.6 Å². The van der Waals surface area contributed by atoms with E-state index in [2.05, 4.69) is 16.1 Å².